The molecule has 2 heterocycles. The van der Waals surface area contributed by atoms with E-state index in [0.717, 1.165) is 18.8 Å². The molecule has 4 heteroatoms. The Bertz CT molecular complexity index is 359. The van der Waals surface area contributed by atoms with Crippen molar-refractivity contribution in [3.63, 3.8) is 0 Å². The van der Waals surface area contributed by atoms with Crippen molar-refractivity contribution in [1.82, 2.24) is 14.8 Å². The van der Waals surface area contributed by atoms with Crippen LogP contribution in [0.5, 0.6) is 0 Å². The maximum Gasteiger partial charge on any atom is 0.192 e. The van der Waals surface area contributed by atoms with Gasteiger partial charge in [-0.2, -0.15) is 0 Å². The van der Waals surface area contributed by atoms with Gasteiger partial charge in [0.15, 0.2) is 5.78 Å². The molecule has 0 amide bonds. The molecule has 1 aliphatic rings. The van der Waals surface area contributed by atoms with Crippen LogP contribution in [-0.2, 0) is 0 Å². The van der Waals surface area contributed by atoms with E-state index in [2.05, 4.69) is 28.9 Å². The summed E-state index contributed by atoms with van der Waals surface area (Å²) in [5.41, 5.74) is 0.719. The number of rotatable bonds is 4. The average molecular weight is 235 g/mol. The summed E-state index contributed by atoms with van der Waals surface area (Å²) in [6, 6.07) is 4.29. The summed E-state index contributed by atoms with van der Waals surface area (Å²) in [6.07, 6.45) is 4.22. The third kappa shape index (κ3) is 3.17. The number of nitrogens with zero attached hydrogens (tertiary/aromatic N) is 2. The zero-order valence-corrected chi connectivity index (χ0v) is 10.6. The van der Waals surface area contributed by atoms with Crippen LogP contribution in [0.3, 0.4) is 0 Å². The van der Waals surface area contributed by atoms with Crippen molar-refractivity contribution in [3.05, 3.63) is 24.0 Å². The Kier molecular flexibility index (Phi) is 3.97. The van der Waals surface area contributed by atoms with E-state index in [1.165, 1.54) is 12.8 Å². The smallest absolute Gasteiger partial charge is 0.192 e. The number of carbonyl (C=O) groups excluding carboxylic acids is 1. The molecule has 1 fully saturated rings. The van der Waals surface area contributed by atoms with E-state index in [0.29, 0.717) is 12.6 Å². The molecule has 1 N–H and O–H groups in total. The van der Waals surface area contributed by atoms with Crippen LogP contribution in [0.4, 0.5) is 0 Å². The minimum atomic E-state index is 0.189. The van der Waals surface area contributed by atoms with Crippen LogP contribution < -0.4 is 0 Å². The molecule has 1 aromatic heterocycles. The largest absolute Gasteiger partial charge is 0.359 e. The van der Waals surface area contributed by atoms with Gasteiger partial charge >= 0.3 is 0 Å². The van der Waals surface area contributed by atoms with Crippen molar-refractivity contribution in [2.45, 2.75) is 18.9 Å². The van der Waals surface area contributed by atoms with Crippen molar-refractivity contribution in [1.29, 1.82) is 0 Å². The summed E-state index contributed by atoms with van der Waals surface area (Å²) in [7, 11) is 4.22. The Morgan fingerprint density at radius 2 is 2.41 bits per heavy atom. The van der Waals surface area contributed by atoms with Crippen molar-refractivity contribution in [3.8, 4) is 0 Å². The molecule has 1 unspecified atom stereocenters. The lowest BCUT2D eigenvalue weighted by Gasteiger charge is -2.35. The molecule has 1 saturated heterocycles. The lowest BCUT2D eigenvalue weighted by molar-refractivity contribution is 0.0848. The fraction of sp³-hybridized carbons (Fsp3) is 0.615. The first-order valence-corrected chi connectivity index (χ1v) is 6.22. The Hall–Kier alpha value is -1.13. The van der Waals surface area contributed by atoms with Crippen molar-refractivity contribution in [2.24, 2.45) is 0 Å². The quantitative estimate of drug-likeness (QED) is 0.798. The highest BCUT2D eigenvalue weighted by Gasteiger charge is 2.23. The lowest BCUT2D eigenvalue weighted by atomic mass is 10.0. The van der Waals surface area contributed by atoms with E-state index in [9.17, 15) is 4.79 Å². The van der Waals surface area contributed by atoms with Gasteiger partial charge in [-0.25, -0.2) is 0 Å². The van der Waals surface area contributed by atoms with Gasteiger partial charge in [0.1, 0.15) is 0 Å². The molecule has 0 aliphatic carbocycles. The Morgan fingerprint density at radius 3 is 3.06 bits per heavy atom. The second kappa shape index (κ2) is 5.47. The number of Topliss-reactive ketones (excluding diaryl/α,β-unsaturated/α-hetero) is 1. The topological polar surface area (TPSA) is 39.3 Å². The first-order chi connectivity index (χ1) is 8.16. The molecular formula is C13H21N3O. The summed E-state index contributed by atoms with van der Waals surface area (Å²) in [4.78, 5) is 19.5. The number of aromatic amines is 1. The highest BCUT2D eigenvalue weighted by molar-refractivity contribution is 5.95. The van der Waals surface area contributed by atoms with Crippen LogP contribution in [0.15, 0.2) is 18.3 Å². The van der Waals surface area contributed by atoms with Crippen LogP contribution in [0.2, 0.25) is 0 Å². The molecule has 0 saturated carbocycles. The van der Waals surface area contributed by atoms with E-state index < -0.39 is 0 Å². The van der Waals surface area contributed by atoms with Gasteiger partial charge in [0, 0.05) is 18.8 Å². The number of nitrogens with one attached hydrogen (secondary N) is 1. The van der Waals surface area contributed by atoms with Crippen LogP contribution in [-0.4, -0.2) is 60.3 Å². The van der Waals surface area contributed by atoms with E-state index in [-0.39, 0.29) is 5.78 Å². The van der Waals surface area contributed by atoms with Crippen LogP contribution in [0, 0.1) is 0 Å². The van der Waals surface area contributed by atoms with Gasteiger partial charge in [-0.3, -0.25) is 9.69 Å². The fourth-order valence-corrected chi connectivity index (χ4v) is 2.39. The highest BCUT2D eigenvalue weighted by atomic mass is 16.1. The number of aromatic nitrogens is 1. The highest BCUT2D eigenvalue weighted by Crippen LogP contribution is 2.14. The normalized spacial score (nSPS) is 21.9. The second-order valence-corrected chi connectivity index (χ2v) is 5.00. The van der Waals surface area contributed by atoms with Gasteiger partial charge < -0.3 is 9.88 Å². The fourth-order valence-electron chi connectivity index (χ4n) is 2.39. The maximum absolute atomic E-state index is 12.0. The predicted molar refractivity (Wildman–Crippen MR) is 68.3 cm³/mol. The number of hydrogen-bond donors (Lipinski definition) is 1. The zero-order chi connectivity index (χ0) is 12.3. The number of carbonyl (C=O) groups is 1. The maximum atomic E-state index is 12.0. The molecule has 94 valence electrons. The van der Waals surface area contributed by atoms with Crippen molar-refractivity contribution >= 4 is 5.78 Å². The molecule has 1 aliphatic heterocycles. The molecule has 0 radical (unpaired) electrons. The van der Waals surface area contributed by atoms with E-state index >= 15 is 0 Å². The van der Waals surface area contributed by atoms with Crippen LogP contribution in [0.25, 0.3) is 0 Å². The summed E-state index contributed by atoms with van der Waals surface area (Å²) in [5.74, 6) is 0.189. The standard InChI is InChI=1S/C13H21N3O/c1-15(2)11-5-4-8-16(9-11)10-13(17)12-6-3-7-14-12/h3,6-7,11,14H,4-5,8-10H2,1-2H3. The predicted octanol–water partition coefficient (Wildman–Crippen LogP) is 1.22. The number of piperidine rings is 1. The van der Waals surface area contributed by atoms with Gasteiger partial charge in [0.2, 0.25) is 0 Å². The zero-order valence-electron chi connectivity index (χ0n) is 10.6. The molecule has 0 spiro atoms. The first kappa shape index (κ1) is 12.3. The minimum absolute atomic E-state index is 0.189. The second-order valence-electron chi connectivity index (χ2n) is 5.00. The molecule has 2 rings (SSSR count). The van der Waals surface area contributed by atoms with E-state index in [1.54, 1.807) is 6.20 Å². The van der Waals surface area contributed by atoms with E-state index in [4.69, 9.17) is 0 Å². The molecule has 1 atom stereocenters. The third-order valence-electron chi connectivity index (χ3n) is 3.48. The number of likely N-dealkylation sites (tertiary alicyclic amines) is 1. The summed E-state index contributed by atoms with van der Waals surface area (Å²) in [6.45, 7) is 2.57. The number of H-pyrrole nitrogens is 1. The summed E-state index contributed by atoms with van der Waals surface area (Å²) >= 11 is 0. The third-order valence-corrected chi connectivity index (χ3v) is 3.48. The van der Waals surface area contributed by atoms with Crippen molar-refractivity contribution in [2.75, 3.05) is 33.7 Å². The van der Waals surface area contributed by atoms with E-state index in [1.807, 2.05) is 12.1 Å². The van der Waals surface area contributed by atoms with Crippen LogP contribution >= 0.6 is 0 Å². The minimum Gasteiger partial charge on any atom is -0.359 e. The molecule has 1 aromatic rings. The van der Waals surface area contributed by atoms with Gasteiger partial charge in [-0.05, 0) is 45.6 Å². The van der Waals surface area contributed by atoms with Gasteiger partial charge in [-0.15, -0.1) is 0 Å². The summed E-state index contributed by atoms with van der Waals surface area (Å²) < 4.78 is 0. The SMILES string of the molecule is CN(C)C1CCCN(CC(=O)c2ccc[nH]2)C1. The van der Waals surface area contributed by atoms with Gasteiger partial charge in [-0.1, -0.05) is 0 Å². The lowest BCUT2D eigenvalue weighted by Crippen LogP contribution is -2.46. The molecule has 0 aromatic carbocycles. The molecule has 0 bridgehead atoms. The van der Waals surface area contributed by atoms with Crippen molar-refractivity contribution < 1.29 is 4.79 Å². The van der Waals surface area contributed by atoms with Gasteiger partial charge in [0.05, 0.1) is 12.2 Å². The Labute approximate surface area is 103 Å². The monoisotopic (exact) mass is 235 g/mol. The average Bonchev–Trinajstić information content (AvgIpc) is 2.82. The number of hydrogen-bond acceptors (Lipinski definition) is 3. The number of ketones is 1. The Morgan fingerprint density at radius 1 is 1.59 bits per heavy atom. The Balaban J connectivity index is 1.89. The van der Waals surface area contributed by atoms with Gasteiger partial charge in [0.25, 0.3) is 0 Å². The molecule has 4 nitrogen and oxygen atoms in total. The number of likely N-dealkylation sites (N-methyl/N-ethyl adjacent to an activating group) is 1. The summed E-state index contributed by atoms with van der Waals surface area (Å²) in [5, 5.41) is 0. The molecular weight excluding hydrogens is 214 g/mol. The first-order valence-electron chi connectivity index (χ1n) is 6.22. The van der Waals surface area contributed by atoms with Crippen LogP contribution in [0.1, 0.15) is 23.3 Å². The molecule has 17 heavy (non-hydrogen) atoms.